The number of hydrogen-bond acceptors (Lipinski definition) is 2. The topological polar surface area (TPSA) is 41.1 Å². The van der Waals surface area contributed by atoms with E-state index >= 15 is 0 Å². The predicted octanol–water partition coefficient (Wildman–Crippen LogP) is 2.17. The van der Waals surface area contributed by atoms with Crippen LogP contribution < -0.4 is 10.6 Å². The number of benzene rings is 1. The third kappa shape index (κ3) is 5.32. The van der Waals surface area contributed by atoms with Gasteiger partial charge in [0.1, 0.15) is 0 Å². The lowest BCUT2D eigenvalue weighted by Crippen LogP contribution is -2.35. The maximum absolute atomic E-state index is 11.5. The molecule has 1 aromatic carbocycles. The Bertz CT molecular complexity index is 399. The van der Waals surface area contributed by atoms with Crippen LogP contribution in [0.1, 0.15) is 30.5 Å². The largest absolute Gasteiger partial charge is 0.355 e. The van der Waals surface area contributed by atoms with Crippen molar-refractivity contribution in [3.8, 4) is 0 Å². The zero-order valence-electron chi connectivity index (χ0n) is 11.8. The Labute approximate surface area is 110 Å². The average molecular weight is 248 g/mol. The molecule has 0 aliphatic rings. The van der Waals surface area contributed by atoms with Crippen LogP contribution in [0, 0.1) is 19.8 Å². The second-order valence-electron chi connectivity index (χ2n) is 5.23. The van der Waals surface area contributed by atoms with Gasteiger partial charge >= 0.3 is 0 Å². The summed E-state index contributed by atoms with van der Waals surface area (Å²) < 4.78 is 0. The van der Waals surface area contributed by atoms with Gasteiger partial charge in [-0.25, -0.2) is 0 Å². The van der Waals surface area contributed by atoms with Crippen LogP contribution in [0.3, 0.4) is 0 Å². The van der Waals surface area contributed by atoms with E-state index in [0.717, 1.165) is 13.1 Å². The number of nitrogens with one attached hydrogen (secondary N) is 2. The SMILES string of the molecule is Cc1ccc(CNCC(=O)NCC(C)C)c(C)c1. The summed E-state index contributed by atoms with van der Waals surface area (Å²) in [5, 5.41) is 6.06. The Morgan fingerprint density at radius 1 is 1.28 bits per heavy atom. The summed E-state index contributed by atoms with van der Waals surface area (Å²) in [4.78, 5) is 11.5. The van der Waals surface area contributed by atoms with Crippen molar-refractivity contribution in [3.63, 3.8) is 0 Å². The fourth-order valence-corrected chi connectivity index (χ4v) is 1.74. The van der Waals surface area contributed by atoms with E-state index in [4.69, 9.17) is 0 Å². The van der Waals surface area contributed by atoms with Gasteiger partial charge in [0.15, 0.2) is 0 Å². The molecule has 2 N–H and O–H groups in total. The second kappa shape index (κ2) is 7.17. The van der Waals surface area contributed by atoms with E-state index in [0.29, 0.717) is 12.5 Å². The van der Waals surface area contributed by atoms with Crippen molar-refractivity contribution in [2.75, 3.05) is 13.1 Å². The molecule has 0 aliphatic carbocycles. The Balaban J connectivity index is 2.31. The van der Waals surface area contributed by atoms with Crippen LogP contribution in [0.25, 0.3) is 0 Å². The molecule has 0 radical (unpaired) electrons. The zero-order chi connectivity index (χ0) is 13.5. The predicted molar refractivity (Wildman–Crippen MR) is 75.5 cm³/mol. The summed E-state index contributed by atoms with van der Waals surface area (Å²) in [7, 11) is 0. The molecule has 0 heterocycles. The summed E-state index contributed by atoms with van der Waals surface area (Å²) >= 11 is 0. The standard InChI is InChI=1S/C15H24N2O/c1-11(2)8-17-15(18)10-16-9-14-6-5-12(3)7-13(14)4/h5-7,11,16H,8-10H2,1-4H3,(H,17,18). The number of aryl methyl sites for hydroxylation is 2. The molecule has 1 rings (SSSR count). The second-order valence-corrected chi connectivity index (χ2v) is 5.23. The Morgan fingerprint density at radius 2 is 2.00 bits per heavy atom. The molecule has 0 aliphatic heterocycles. The highest BCUT2D eigenvalue weighted by atomic mass is 16.1. The van der Waals surface area contributed by atoms with Crippen LogP contribution >= 0.6 is 0 Å². The molecule has 3 nitrogen and oxygen atoms in total. The molecule has 0 aromatic heterocycles. The maximum atomic E-state index is 11.5. The van der Waals surface area contributed by atoms with Crippen molar-refractivity contribution in [3.05, 3.63) is 34.9 Å². The summed E-state index contributed by atoms with van der Waals surface area (Å²) in [6.07, 6.45) is 0. The first-order chi connectivity index (χ1) is 8.49. The van der Waals surface area contributed by atoms with Gasteiger partial charge in [-0.05, 0) is 30.9 Å². The van der Waals surface area contributed by atoms with Crippen LogP contribution in [0.2, 0.25) is 0 Å². The first-order valence-corrected chi connectivity index (χ1v) is 6.52. The summed E-state index contributed by atoms with van der Waals surface area (Å²) in [5.74, 6) is 0.557. The number of amides is 1. The molecule has 1 aromatic rings. The van der Waals surface area contributed by atoms with E-state index < -0.39 is 0 Å². The van der Waals surface area contributed by atoms with E-state index in [1.54, 1.807) is 0 Å². The lowest BCUT2D eigenvalue weighted by atomic mass is 10.1. The third-order valence-corrected chi connectivity index (χ3v) is 2.81. The number of carbonyl (C=O) groups is 1. The molecular weight excluding hydrogens is 224 g/mol. The van der Waals surface area contributed by atoms with Crippen LogP contribution in [0.15, 0.2) is 18.2 Å². The third-order valence-electron chi connectivity index (χ3n) is 2.81. The molecule has 0 saturated heterocycles. The molecule has 18 heavy (non-hydrogen) atoms. The minimum absolute atomic E-state index is 0.0634. The van der Waals surface area contributed by atoms with Gasteiger partial charge in [0, 0.05) is 13.1 Å². The molecule has 1 amide bonds. The Kier molecular flexibility index (Phi) is 5.86. The lowest BCUT2D eigenvalue weighted by Gasteiger charge is -2.10. The van der Waals surface area contributed by atoms with E-state index in [-0.39, 0.29) is 5.91 Å². The smallest absolute Gasteiger partial charge is 0.233 e. The highest BCUT2D eigenvalue weighted by molar-refractivity contribution is 5.77. The van der Waals surface area contributed by atoms with Crippen LogP contribution in [-0.2, 0) is 11.3 Å². The van der Waals surface area contributed by atoms with E-state index in [1.807, 2.05) is 0 Å². The van der Waals surface area contributed by atoms with Crippen LogP contribution in [0.5, 0.6) is 0 Å². The molecule has 0 unspecified atom stereocenters. The number of carbonyl (C=O) groups excluding carboxylic acids is 1. The quantitative estimate of drug-likeness (QED) is 0.810. The fraction of sp³-hybridized carbons (Fsp3) is 0.533. The maximum Gasteiger partial charge on any atom is 0.233 e. The molecule has 0 atom stereocenters. The molecule has 0 spiro atoms. The fourth-order valence-electron chi connectivity index (χ4n) is 1.74. The average Bonchev–Trinajstić information content (AvgIpc) is 2.29. The molecular formula is C15H24N2O. The summed E-state index contributed by atoms with van der Waals surface area (Å²) in [6.45, 7) is 10.2. The van der Waals surface area contributed by atoms with Gasteiger partial charge in [-0.1, -0.05) is 37.6 Å². The van der Waals surface area contributed by atoms with Gasteiger partial charge in [0.2, 0.25) is 5.91 Å². The van der Waals surface area contributed by atoms with Crippen LogP contribution in [-0.4, -0.2) is 19.0 Å². The van der Waals surface area contributed by atoms with Crippen molar-refractivity contribution >= 4 is 5.91 Å². The van der Waals surface area contributed by atoms with Crippen molar-refractivity contribution in [1.29, 1.82) is 0 Å². The van der Waals surface area contributed by atoms with Gasteiger partial charge in [-0.3, -0.25) is 4.79 Å². The first-order valence-electron chi connectivity index (χ1n) is 6.52. The zero-order valence-corrected chi connectivity index (χ0v) is 11.8. The first kappa shape index (κ1) is 14.7. The van der Waals surface area contributed by atoms with Gasteiger partial charge in [-0.2, -0.15) is 0 Å². The summed E-state index contributed by atoms with van der Waals surface area (Å²) in [6, 6.07) is 6.38. The van der Waals surface area contributed by atoms with Gasteiger partial charge in [0.25, 0.3) is 0 Å². The molecule has 0 fully saturated rings. The van der Waals surface area contributed by atoms with Crippen LogP contribution in [0.4, 0.5) is 0 Å². The van der Waals surface area contributed by atoms with Gasteiger partial charge in [-0.15, -0.1) is 0 Å². The highest BCUT2D eigenvalue weighted by Gasteiger charge is 2.03. The van der Waals surface area contributed by atoms with Gasteiger partial charge < -0.3 is 10.6 Å². The monoisotopic (exact) mass is 248 g/mol. The number of rotatable bonds is 6. The van der Waals surface area contributed by atoms with E-state index in [9.17, 15) is 4.79 Å². The van der Waals surface area contributed by atoms with E-state index in [1.165, 1.54) is 16.7 Å². The highest BCUT2D eigenvalue weighted by Crippen LogP contribution is 2.09. The summed E-state index contributed by atoms with van der Waals surface area (Å²) in [5.41, 5.74) is 3.79. The molecule has 0 bridgehead atoms. The molecule has 0 saturated carbocycles. The van der Waals surface area contributed by atoms with Gasteiger partial charge in [0.05, 0.1) is 6.54 Å². The minimum atomic E-state index is 0.0634. The van der Waals surface area contributed by atoms with Crippen molar-refractivity contribution in [2.45, 2.75) is 34.2 Å². The Morgan fingerprint density at radius 3 is 2.61 bits per heavy atom. The van der Waals surface area contributed by atoms with Crippen molar-refractivity contribution in [1.82, 2.24) is 10.6 Å². The van der Waals surface area contributed by atoms with Crippen molar-refractivity contribution < 1.29 is 4.79 Å². The van der Waals surface area contributed by atoms with E-state index in [2.05, 4.69) is 56.5 Å². The number of hydrogen-bond donors (Lipinski definition) is 2. The normalized spacial score (nSPS) is 10.7. The lowest BCUT2D eigenvalue weighted by molar-refractivity contribution is -0.120. The minimum Gasteiger partial charge on any atom is -0.355 e. The van der Waals surface area contributed by atoms with Crippen molar-refractivity contribution in [2.24, 2.45) is 5.92 Å². The molecule has 100 valence electrons. The Hall–Kier alpha value is -1.35. The molecule has 3 heteroatoms.